The maximum Gasteiger partial charge on any atom is 0.174 e. The first-order chi connectivity index (χ1) is 12.0. The van der Waals surface area contributed by atoms with Gasteiger partial charge in [0.1, 0.15) is 5.75 Å². The molecule has 0 saturated carbocycles. The molecule has 0 radical (unpaired) electrons. The van der Waals surface area contributed by atoms with Crippen LogP contribution >= 0.6 is 15.9 Å². The molecule has 128 valence electrons. The Kier molecular flexibility index (Phi) is 4.76. The highest BCUT2D eigenvalue weighted by Crippen LogP contribution is 2.35. The van der Waals surface area contributed by atoms with Crippen molar-refractivity contribution < 1.29 is 14.9 Å². The van der Waals surface area contributed by atoms with Gasteiger partial charge in [-0.15, -0.1) is 0 Å². The van der Waals surface area contributed by atoms with Gasteiger partial charge in [-0.2, -0.15) is 5.10 Å². The molecule has 7 heteroatoms. The maximum absolute atomic E-state index is 9.98. The first-order valence-electron chi connectivity index (χ1n) is 7.43. The molecule has 3 aromatic rings. The Bertz CT molecular complexity index is 951. The second-order valence-corrected chi connectivity index (χ2v) is 6.18. The Morgan fingerprint density at radius 3 is 2.64 bits per heavy atom. The number of aryl methyl sites for hydroxylation is 1. The summed E-state index contributed by atoms with van der Waals surface area (Å²) in [5, 5.41) is 24.2. The molecule has 0 amide bonds. The normalized spacial score (nSPS) is 11.2. The first kappa shape index (κ1) is 17.0. The van der Waals surface area contributed by atoms with E-state index in [4.69, 9.17) is 4.74 Å². The Labute approximate surface area is 153 Å². The van der Waals surface area contributed by atoms with Crippen LogP contribution in [0.1, 0.15) is 11.4 Å². The molecule has 0 aliphatic rings. The van der Waals surface area contributed by atoms with Gasteiger partial charge in [-0.3, -0.25) is 0 Å². The number of benzene rings is 2. The lowest BCUT2D eigenvalue weighted by atomic mass is 10.2. The van der Waals surface area contributed by atoms with Crippen molar-refractivity contribution in [1.29, 1.82) is 0 Å². The summed E-state index contributed by atoms with van der Waals surface area (Å²) in [6.45, 7) is 0. The van der Waals surface area contributed by atoms with E-state index in [0.29, 0.717) is 27.4 Å². The van der Waals surface area contributed by atoms with Crippen molar-refractivity contribution in [3.05, 3.63) is 52.3 Å². The number of aromatic hydroxyl groups is 2. The van der Waals surface area contributed by atoms with Gasteiger partial charge in [0.2, 0.25) is 0 Å². The van der Waals surface area contributed by atoms with E-state index in [2.05, 4.69) is 26.0 Å². The fraction of sp³-hybridized carbons (Fsp3) is 0.111. The number of hydrogen-bond acceptors (Lipinski definition) is 5. The van der Waals surface area contributed by atoms with E-state index in [1.54, 1.807) is 48.1 Å². The molecular weight excluding hydrogens is 386 g/mol. The number of phenolic OH excluding ortho intramolecular Hbond substituents is 2. The van der Waals surface area contributed by atoms with E-state index in [0.717, 1.165) is 5.56 Å². The van der Waals surface area contributed by atoms with Crippen LogP contribution in [0.2, 0.25) is 0 Å². The Hall–Kier alpha value is -2.80. The summed E-state index contributed by atoms with van der Waals surface area (Å²) < 4.78 is 7.29. The Balaban J connectivity index is 1.92. The van der Waals surface area contributed by atoms with Crippen LogP contribution in [0.4, 0.5) is 0 Å². The average Bonchev–Trinajstić information content (AvgIpc) is 2.97. The zero-order valence-electron chi connectivity index (χ0n) is 13.6. The quantitative estimate of drug-likeness (QED) is 0.693. The molecule has 0 fully saturated rings. The summed E-state index contributed by atoms with van der Waals surface area (Å²) in [6.07, 6.45) is 3.57. The van der Waals surface area contributed by atoms with Crippen LogP contribution < -0.4 is 4.74 Å². The molecule has 6 nitrogen and oxygen atoms in total. The van der Waals surface area contributed by atoms with E-state index in [1.807, 2.05) is 12.1 Å². The molecule has 1 heterocycles. The Morgan fingerprint density at radius 1 is 1.16 bits per heavy atom. The van der Waals surface area contributed by atoms with Crippen molar-refractivity contribution in [3.63, 3.8) is 0 Å². The third-order valence-corrected chi connectivity index (χ3v) is 4.22. The van der Waals surface area contributed by atoms with Crippen LogP contribution in [0.3, 0.4) is 0 Å². The maximum atomic E-state index is 9.98. The van der Waals surface area contributed by atoms with Crippen molar-refractivity contribution in [3.8, 4) is 28.6 Å². The molecular formula is C18H16BrN3O3. The number of ether oxygens (including phenoxy) is 1. The summed E-state index contributed by atoms with van der Waals surface area (Å²) in [4.78, 5) is 4.45. The van der Waals surface area contributed by atoms with Crippen molar-refractivity contribution in [1.82, 2.24) is 14.8 Å². The lowest BCUT2D eigenvalue weighted by Gasteiger charge is -2.06. The van der Waals surface area contributed by atoms with Crippen LogP contribution in [0.25, 0.3) is 23.5 Å². The summed E-state index contributed by atoms with van der Waals surface area (Å²) in [6, 6.07) is 10.5. The van der Waals surface area contributed by atoms with Crippen LogP contribution in [0, 0.1) is 0 Å². The van der Waals surface area contributed by atoms with Gasteiger partial charge in [0.15, 0.2) is 23.1 Å². The number of para-hydroxylation sites is 1. The zero-order chi connectivity index (χ0) is 18.0. The molecule has 0 aliphatic carbocycles. The number of aromatic nitrogens is 3. The van der Waals surface area contributed by atoms with Gasteiger partial charge in [-0.05, 0) is 51.8 Å². The van der Waals surface area contributed by atoms with Gasteiger partial charge in [0, 0.05) is 7.05 Å². The minimum Gasteiger partial charge on any atom is -0.507 e. The predicted molar refractivity (Wildman–Crippen MR) is 99.4 cm³/mol. The highest BCUT2D eigenvalue weighted by molar-refractivity contribution is 9.10. The molecule has 0 aliphatic heterocycles. The molecule has 0 atom stereocenters. The number of rotatable bonds is 4. The third kappa shape index (κ3) is 3.51. The Morgan fingerprint density at radius 2 is 1.92 bits per heavy atom. The highest BCUT2D eigenvalue weighted by Gasteiger charge is 2.12. The molecule has 1 aromatic heterocycles. The van der Waals surface area contributed by atoms with Crippen LogP contribution in [-0.2, 0) is 7.05 Å². The van der Waals surface area contributed by atoms with Crippen LogP contribution in [0.15, 0.2) is 40.9 Å². The second-order valence-electron chi connectivity index (χ2n) is 5.32. The van der Waals surface area contributed by atoms with Gasteiger partial charge in [-0.25, -0.2) is 9.67 Å². The number of nitrogens with zero attached hydrogens (tertiary/aromatic N) is 3. The predicted octanol–water partition coefficient (Wildman–Crippen LogP) is 3.83. The monoisotopic (exact) mass is 401 g/mol. The minimum atomic E-state index is 0.0532. The topological polar surface area (TPSA) is 80.4 Å². The van der Waals surface area contributed by atoms with Gasteiger partial charge in [-0.1, -0.05) is 18.2 Å². The number of halogens is 1. The van der Waals surface area contributed by atoms with Crippen LogP contribution in [-0.4, -0.2) is 32.1 Å². The van der Waals surface area contributed by atoms with E-state index in [9.17, 15) is 10.2 Å². The largest absolute Gasteiger partial charge is 0.507 e. The van der Waals surface area contributed by atoms with E-state index in [1.165, 1.54) is 7.11 Å². The number of phenols is 2. The zero-order valence-corrected chi connectivity index (χ0v) is 15.2. The summed E-state index contributed by atoms with van der Waals surface area (Å²) in [5.41, 5.74) is 1.43. The molecule has 25 heavy (non-hydrogen) atoms. The lowest BCUT2D eigenvalue weighted by molar-refractivity contribution is 0.372. The highest BCUT2D eigenvalue weighted by atomic mass is 79.9. The molecule has 0 bridgehead atoms. The van der Waals surface area contributed by atoms with Gasteiger partial charge < -0.3 is 14.9 Å². The fourth-order valence-electron chi connectivity index (χ4n) is 2.39. The summed E-state index contributed by atoms with van der Waals surface area (Å²) >= 11 is 3.29. The van der Waals surface area contributed by atoms with Crippen molar-refractivity contribution in [2.24, 2.45) is 7.05 Å². The fourth-order valence-corrected chi connectivity index (χ4v) is 2.85. The van der Waals surface area contributed by atoms with Gasteiger partial charge in [0.05, 0.1) is 17.1 Å². The molecule has 2 N–H and O–H groups in total. The number of methoxy groups -OCH3 is 1. The van der Waals surface area contributed by atoms with Gasteiger partial charge in [0.25, 0.3) is 0 Å². The standard InChI is InChI=1S/C18H16BrN3O3/c1-22-18(12-5-3-4-6-14(12)23)20-16(21-22)8-7-11-9-13(19)17(24)15(10-11)25-2/h3-10,23-24H,1-2H3/b8-7+. The first-order valence-corrected chi connectivity index (χ1v) is 8.23. The van der Waals surface area contributed by atoms with Crippen molar-refractivity contribution in [2.45, 2.75) is 0 Å². The second kappa shape index (κ2) is 6.98. The van der Waals surface area contributed by atoms with Crippen LogP contribution in [0.5, 0.6) is 17.2 Å². The van der Waals surface area contributed by atoms with E-state index in [-0.39, 0.29) is 11.5 Å². The molecule has 0 saturated heterocycles. The van der Waals surface area contributed by atoms with Crippen molar-refractivity contribution in [2.75, 3.05) is 7.11 Å². The summed E-state index contributed by atoms with van der Waals surface area (Å²) in [5.74, 6) is 1.65. The smallest absolute Gasteiger partial charge is 0.174 e. The van der Waals surface area contributed by atoms with Gasteiger partial charge >= 0.3 is 0 Å². The molecule has 3 rings (SSSR count). The third-order valence-electron chi connectivity index (χ3n) is 3.62. The minimum absolute atomic E-state index is 0.0532. The SMILES string of the molecule is COc1cc(/C=C/c2nc(-c3ccccc3O)n(C)n2)cc(Br)c1O. The molecule has 2 aromatic carbocycles. The lowest BCUT2D eigenvalue weighted by Crippen LogP contribution is -1.94. The van der Waals surface area contributed by atoms with E-state index < -0.39 is 0 Å². The van der Waals surface area contributed by atoms with E-state index >= 15 is 0 Å². The molecule has 0 unspecified atom stereocenters. The summed E-state index contributed by atoms with van der Waals surface area (Å²) in [7, 11) is 3.26. The number of hydrogen-bond donors (Lipinski definition) is 2. The molecule has 0 spiro atoms. The average molecular weight is 402 g/mol. The van der Waals surface area contributed by atoms with Crippen molar-refractivity contribution >= 4 is 28.1 Å².